The molecule has 0 saturated heterocycles. The fourth-order valence-corrected chi connectivity index (χ4v) is 3.27. The first kappa shape index (κ1) is 19.8. The van der Waals surface area contributed by atoms with Gasteiger partial charge in [0.1, 0.15) is 25.1 Å². The van der Waals surface area contributed by atoms with Crippen LogP contribution in [-0.4, -0.2) is 30.7 Å². The lowest BCUT2D eigenvalue weighted by Gasteiger charge is -2.25. The van der Waals surface area contributed by atoms with Crippen LogP contribution in [0.25, 0.3) is 0 Å². The molecule has 1 aliphatic rings. The van der Waals surface area contributed by atoms with Crippen LogP contribution in [0, 0.1) is 0 Å². The Labute approximate surface area is 163 Å². The summed E-state index contributed by atoms with van der Waals surface area (Å²) in [5.41, 5.74) is 1.67. The number of benzene rings is 1. The van der Waals surface area contributed by atoms with E-state index in [4.69, 9.17) is 14.5 Å². The highest BCUT2D eigenvalue weighted by Crippen LogP contribution is 2.31. The van der Waals surface area contributed by atoms with E-state index in [-0.39, 0.29) is 17.6 Å². The smallest absolute Gasteiger partial charge is 0.229 e. The molecular weight excluding hydrogens is 364 g/mol. The van der Waals surface area contributed by atoms with Crippen molar-refractivity contribution in [2.75, 3.05) is 18.5 Å². The molecule has 0 saturated carbocycles. The van der Waals surface area contributed by atoms with E-state index in [1.807, 2.05) is 35.7 Å². The minimum Gasteiger partial charge on any atom is -0.490 e. The molecule has 146 valence electrons. The van der Waals surface area contributed by atoms with Crippen molar-refractivity contribution in [1.82, 2.24) is 5.32 Å². The topological polar surface area (TPSA) is 68.8 Å². The molecule has 1 aromatic carbocycles. The number of amides is 1. The molecule has 2 heterocycles. The predicted molar refractivity (Wildman–Crippen MR) is 106 cm³/mol. The van der Waals surface area contributed by atoms with E-state index in [0.717, 1.165) is 16.1 Å². The third-order valence-electron chi connectivity index (χ3n) is 4.01. The van der Waals surface area contributed by atoms with Crippen LogP contribution in [0.2, 0.25) is 0 Å². The van der Waals surface area contributed by atoms with Gasteiger partial charge in [-0.2, -0.15) is 0 Å². The normalized spacial score (nSPS) is 14.7. The first-order chi connectivity index (χ1) is 12.9. The number of hydrogen-bond acceptors (Lipinski definition) is 6. The average molecular weight is 391 g/mol. The maximum Gasteiger partial charge on any atom is 0.229 e. The standard InChI is InChI=1S/C20H26N2O4S/c1-20(2,3)21-11-14(26-25-13-15-6-5-9-27-15)12-24-18-8-4-7-17-16(18)10-19(23)22-17/h4-9,14,21H,10-13H2,1-3H3,(H,22,23). The molecule has 0 bridgehead atoms. The Balaban J connectivity index is 1.57. The summed E-state index contributed by atoms with van der Waals surface area (Å²) in [5.74, 6) is 0.691. The number of fused-ring (bicyclic) bond motifs is 1. The van der Waals surface area contributed by atoms with Crippen molar-refractivity contribution < 1.29 is 19.3 Å². The van der Waals surface area contributed by atoms with Gasteiger partial charge in [0.05, 0.1) is 6.42 Å². The van der Waals surface area contributed by atoms with Gasteiger partial charge in [0.2, 0.25) is 5.91 Å². The number of ether oxygens (including phenoxy) is 1. The summed E-state index contributed by atoms with van der Waals surface area (Å²) in [6.07, 6.45) is 0.0525. The molecule has 0 aliphatic carbocycles. The van der Waals surface area contributed by atoms with Crippen molar-refractivity contribution in [3.05, 3.63) is 46.2 Å². The zero-order valence-corrected chi connectivity index (χ0v) is 16.7. The summed E-state index contributed by atoms with van der Waals surface area (Å²) in [5, 5.41) is 8.25. The van der Waals surface area contributed by atoms with Crippen molar-refractivity contribution in [2.24, 2.45) is 0 Å². The van der Waals surface area contributed by atoms with Gasteiger partial charge in [0.15, 0.2) is 0 Å². The highest BCUT2D eigenvalue weighted by Gasteiger charge is 2.23. The van der Waals surface area contributed by atoms with Crippen molar-refractivity contribution in [2.45, 2.75) is 45.4 Å². The molecule has 2 N–H and O–H groups in total. The second-order valence-corrected chi connectivity index (χ2v) is 8.54. The molecule has 3 rings (SSSR count). The Kier molecular flexibility index (Phi) is 6.49. The first-order valence-corrected chi connectivity index (χ1v) is 9.89. The van der Waals surface area contributed by atoms with E-state index in [1.165, 1.54) is 0 Å². The molecule has 1 aliphatic heterocycles. The van der Waals surface area contributed by atoms with Crippen molar-refractivity contribution >= 4 is 22.9 Å². The third kappa shape index (κ3) is 6.04. The van der Waals surface area contributed by atoms with E-state index in [9.17, 15) is 4.79 Å². The highest BCUT2D eigenvalue weighted by atomic mass is 32.1. The van der Waals surface area contributed by atoms with Gasteiger partial charge in [-0.3, -0.25) is 4.79 Å². The Morgan fingerprint density at radius 3 is 2.85 bits per heavy atom. The summed E-state index contributed by atoms with van der Waals surface area (Å²) >= 11 is 1.63. The van der Waals surface area contributed by atoms with Gasteiger partial charge < -0.3 is 15.4 Å². The van der Waals surface area contributed by atoms with Crippen LogP contribution in [0.15, 0.2) is 35.7 Å². The van der Waals surface area contributed by atoms with Gasteiger partial charge in [-0.1, -0.05) is 12.1 Å². The summed E-state index contributed by atoms with van der Waals surface area (Å²) in [7, 11) is 0. The Hall–Kier alpha value is -1.93. The van der Waals surface area contributed by atoms with Crippen LogP contribution in [0.4, 0.5) is 5.69 Å². The zero-order chi connectivity index (χ0) is 19.3. The molecule has 1 amide bonds. The molecule has 0 radical (unpaired) electrons. The Morgan fingerprint density at radius 1 is 1.26 bits per heavy atom. The van der Waals surface area contributed by atoms with Crippen molar-refractivity contribution in [1.29, 1.82) is 0 Å². The van der Waals surface area contributed by atoms with Gasteiger partial charge in [-0.25, -0.2) is 9.78 Å². The largest absolute Gasteiger partial charge is 0.490 e. The fraction of sp³-hybridized carbons (Fsp3) is 0.450. The zero-order valence-electron chi connectivity index (χ0n) is 15.9. The first-order valence-electron chi connectivity index (χ1n) is 9.01. The van der Waals surface area contributed by atoms with Crippen molar-refractivity contribution in [3.63, 3.8) is 0 Å². The van der Waals surface area contributed by atoms with E-state index >= 15 is 0 Å². The molecule has 2 aromatic rings. The number of rotatable bonds is 9. The number of hydrogen-bond donors (Lipinski definition) is 2. The summed E-state index contributed by atoms with van der Waals surface area (Å²) in [4.78, 5) is 23.8. The van der Waals surface area contributed by atoms with Gasteiger partial charge in [-0.05, 0) is 44.4 Å². The minimum atomic E-state index is -0.287. The van der Waals surface area contributed by atoms with Crippen LogP contribution in [0.1, 0.15) is 31.2 Å². The van der Waals surface area contributed by atoms with Crippen molar-refractivity contribution in [3.8, 4) is 5.75 Å². The molecular formula is C20H26N2O4S. The molecule has 7 heteroatoms. The molecule has 27 heavy (non-hydrogen) atoms. The van der Waals surface area contributed by atoms with Crippen LogP contribution >= 0.6 is 11.3 Å². The number of carbonyl (C=O) groups excluding carboxylic acids is 1. The number of nitrogens with one attached hydrogen (secondary N) is 2. The quantitative estimate of drug-likeness (QED) is 0.506. The maximum atomic E-state index is 11.6. The molecule has 1 aromatic heterocycles. The minimum absolute atomic E-state index is 0.0115. The van der Waals surface area contributed by atoms with E-state index in [2.05, 4.69) is 31.4 Å². The monoisotopic (exact) mass is 390 g/mol. The van der Waals surface area contributed by atoms with Crippen LogP contribution in [0.3, 0.4) is 0 Å². The lowest BCUT2D eigenvalue weighted by atomic mass is 10.1. The highest BCUT2D eigenvalue weighted by molar-refractivity contribution is 7.09. The van der Waals surface area contributed by atoms with Gasteiger partial charge in [-0.15, -0.1) is 11.3 Å². The van der Waals surface area contributed by atoms with Gasteiger partial charge in [0.25, 0.3) is 0 Å². The van der Waals surface area contributed by atoms with Crippen LogP contribution in [-0.2, 0) is 27.6 Å². The van der Waals surface area contributed by atoms with Crippen LogP contribution in [0.5, 0.6) is 5.75 Å². The Bertz CT molecular complexity index is 756. The fourth-order valence-electron chi connectivity index (χ4n) is 2.66. The lowest BCUT2D eigenvalue weighted by Crippen LogP contribution is -2.43. The molecule has 1 atom stereocenters. The van der Waals surface area contributed by atoms with E-state index in [1.54, 1.807) is 11.3 Å². The number of thiophene rings is 1. The summed E-state index contributed by atoms with van der Waals surface area (Å²) < 4.78 is 5.98. The third-order valence-corrected chi connectivity index (χ3v) is 4.86. The van der Waals surface area contributed by atoms with Gasteiger partial charge >= 0.3 is 0 Å². The molecule has 0 spiro atoms. The SMILES string of the molecule is CC(C)(C)NCC(COc1cccc2c1CC(=O)N2)OOCc1cccs1. The second-order valence-electron chi connectivity index (χ2n) is 7.51. The summed E-state index contributed by atoms with van der Waals surface area (Å²) in [6, 6.07) is 9.61. The lowest BCUT2D eigenvalue weighted by molar-refractivity contribution is -0.334. The van der Waals surface area contributed by atoms with E-state index < -0.39 is 0 Å². The Morgan fingerprint density at radius 2 is 2.11 bits per heavy atom. The average Bonchev–Trinajstić information content (AvgIpc) is 3.24. The number of carbonyl (C=O) groups is 1. The van der Waals surface area contributed by atoms with E-state index in [0.29, 0.717) is 31.9 Å². The molecule has 6 nitrogen and oxygen atoms in total. The summed E-state index contributed by atoms with van der Waals surface area (Å²) in [6.45, 7) is 7.59. The molecule has 0 fully saturated rings. The number of anilines is 1. The molecule has 1 unspecified atom stereocenters. The maximum absolute atomic E-state index is 11.6. The predicted octanol–water partition coefficient (Wildman–Crippen LogP) is 3.53. The van der Waals surface area contributed by atoms with Crippen LogP contribution < -0.4 is 15.4 Å². The second kappa shape index (κ2) is 8.84. The van der Waals surface area contributed by atoms with Gasteiger partial charge in [0, 0.05) is 28.2 Å².